The van der Waals surface area contributed by atoms with Crippen LogP contribution in [0, 0.1) is 0 Å². The first kappa shape index (κ1) is 12.3. The van der Waals surface area contributed by atoms with Crippen molar-refractivity contribution in [1.29, 1.82) is 0 Å². The molecule has 1 unspecified atom stereocenters. The van der Waals surface area contributed by atoms with Gasteiger partial charge < -0.3 is 15.6 Å². The smallest absolute Gasteiger partial charge is 0.326 e. The van der Waals surface area contributed by atoms with E-state index in [4.69, 9.17) is 10.5 Å². The Morgan fingerprint density at radius 3 is 2.76 bits per heavy atom. The lowest BCUT2D eigenvalue weighted by Crippen LogP contribution is -2.68. The maximum atomic E-state index is 11.7. The summed E-state index contributed by atoms with van der Waals surface area (Å²) in [5, 5.41) is 11.8. The fraction of sp³-hybridized carbons (Fsp3) is 0.800. The molecule has 2 aliphatic heterocycles. The average Bonchev–Trinajstić information content (AvgIpc) is 2.53. The Bertz CT molecular complexity index is 347. The minimum atomic E-state index is -1.13. The second-order valence-corrected chi connectivity index (χ2v) is 4.90. The second-order valence-electron chi connectivity index (χ2n) is 4.90. The van der Waals surface area contributed by atoms with Crippen molar-refractivity contribution in [1.82, 2.24) is 10.2 Å². The summed E-state index contributed by atoms with van der Waals surface area (Å²) in [4.78, 5) is 24.5. The van der Waals surface area contributed by atoms with Crippen molar-refractivity contribution < 1.29 is 19.4 Å². The summed E-state index contributed by atoms with van der Waals surface area (Å²) >= 11 is 0. The molecule has 0 aromatic rings. The lowest BCUT2D eigenvalue weighted by atomic mass is 9.99. The lowest BCUT2D eigenvalue weighted by Gasteiger charge is -2.39. The van der Waals surface area contributed by atoms with Gasteiger partial charge in [0.1, 0.15) is 11.8 Å². The van der Waals surface area contributed by atoms with Gasteiger partial charge in [0.25, 0.3) is 0 Å². The molecule has 3 amide bonds. The number of hydrogen-bond acceptors (Lipinski definition) is 5. The third-order valence-corrected chi connectivity index (χ3v) is 3.20. The number of aliphatic hydroxyl groups is 1. The number of nitrogens with two attached hydrogens (primary N) is 1. The Morgan fingerprint density at radius 1 is 1.59 bits per heavy atom. The molecule has 2 rings (SSSR count). The highest BCUT2D eigenvalue weighted by molar-refractivity contribution is 6.01. The summed E-state index contributed by atoms with van der Waals surface area (Å²) in [6.45, 7) is 3.37. The molecule has 0 spiro atoms. The fourth-order valence-corrected chi connectivity index (χ4v) is 2.03. The summed E-state index contributed by atoms with van der Waals surface area (Å²) in [6.07, 6.45) is -1.13. The summed E-state index contributed by atoms with van der Waals surface area (Å²) in [6, 6.07) is -0.524. The van der Waals surface area contributed by atoms with Gasteiger partial charge in [-0.3, -0.25) is 15.0 Å². The highest BCUT2D eigenvalue weighted by Gasteiger charge is 2.45. The number of urea groups is 1. The molecule has 0 aromatic heterocycles. The van der Waals surface area contributed by atoms with E-state index in [0.717, 1.165) is 0 Å². The Kier molecular flexibility index (Phi) is 2.84. The Morgan fingerprint density at radius 2 is 2.24 bits per heavy atom. The van der Waals surface area contributed by atoms with Crippen LogP contribution < -0.4 is 11.1 Å². The standard InChI is InChI=1S/C10H17N3O4/c1-5-6(14)3-7(17-5)13-4-10(2,11)8(15)12-9(13)16/h5-7,14H,3-4,11H2,1-2H3,(H,12,15,16)/t5-,6+,7-,10?/m1/s1. The zero-order valence-corrected chi connectivity index (χ0v) is 9.84. The van der Waals surface area contributed by atoms with Gasteiger partial charge in [-0.25, -0.2) is 4.79 Å². The van der Waals surface area contributed by atoms with Crippen molar-refractivity contribution >= 4 is 11.9 Å². The molecular weight excluding hydrogens is 226 g/mol. The number of carbonyl (C=O) groups excluding carboxylic acids is 2. The van der Waals surface area contributed by atoms with E-state index < -0.39 is 29.8 Å². The van der Waals surface area contributed by atoms with Gasteiger partial charge >= 0.3 is 6.03 Å². The average molecular weight is 243 g/mol. The van der Waals surface area contributed by atoms with E-state index in [1.165, 1.54) is 4.90 Å². The van der Waals surface area contributed by atoms with Gasteiger partial charge in [-0.1, -0.05) is 0 Å². The number of nitrogens with one attached hydrogen (secondary N) is 1. The second kappa shape index (κ2) is 3.94. The van der Waals surface area contributed by atoms with Crippen LogP contribution in [0.4, 0.5) is 4.79 Å². The van der Waals surface area contributed by atoms with Gasteiger partial charge in [-0.2, -0.15) is 0 Å². The largest absolute Gasteiger partial charge is 0.390 e. The minimum Gasteiger partial charge on any atom is -0.390 e. The van der Waals surface area contributed by atoms with Gasteiger partial charge in [-0.05, 0) is 13.8 Å². The quantitative estimate of drug-likeness (QED) is 0.534. The molecule has 96 valence electrons. The van der Waals surface area contributed by atoms with Crippen molar-refractivity contribution in [3.63, 3.8) is 0 Å². The molecule has 2 fully saturated rings. The zero-order valence-electron chi connectivity index (χ0n) is 9.84. The van der Waals surface area contributed by atoms with Crippen molar-refractivity contribution in [2.45, 2.75) is 44.2 Å². The van der Waals surface area contributed by atoms with Crippen LogP contribution in [0.1, 0.15) is 20.3 Å². The first-order valence-corrected chi connectivity index (χ1v) is 5.56. The molecule has 7 heteroatoms. The Labute approximate surface area is 98.9 Å². The molecular formula is C10H17N3O4. The maximum Gasteiger partial charge on any atom is 0.326 e. The molecule has 2 aliphatic rings. The van der Waals surface area contributed by atoms with Crippen molar-refractivity contribution in [3.8, 4) is 0 Å². The fourth-order valence-electron chi connectivity index (χ4n) is 2.03. The number of aliphatic hydroxyl groups excluding tert-OH is 1. The van der Waals surface area contributed by atoms with Gasteiger partial charge in [0.2, 0.25) is 5.91 Å². The van der Waals surface area contributed by atoms with E-state index in [2.05, 4.69) is 5.32 Å². The molecule has 4 N–H and O–H groups in total. The predicted molar refractivity (Wildman–Crippen MR) is 57.8 cm³/mol. The molecule has 2 saturated heterocycles. The molecule has 2 heterocycles. The zero-order chi connectivity index (χ0) is 12.8. The van der Waals surface area contributed by atoms with Crippen LogP contribution in [0.2, 0.25) is 0 Å². The van der Waals surface area contributed by atoms with Gasteiger partial charge in [0, 0.05) is 6.42 Å². The van der Waals surface area contributed by atoms with Crippen LogP contribution in [0.25, 0.3) is 0 Å². The number of imide groups is 1. The molecule has 0 aliphatic carbocycles. The van der Waals surface area contributed by atoms with Crippen LogP contribution in [0.3, 0.4) is 0 Å². The van der Waals surface area contributed by atoms with Crippen LogP contribution in [0.5, 0.6) is 0 Å². The van der Waals surface area contributed by atoms with Crippen LogP contribution in [-0.2, 0) is 9.53 Å². The SMILES string of the molecule is C[C@H]1O[C@@H](N2CC(C)(N)C(=O)NC2=O)C[C@@H]1O. The number of carbonyl (C=O) groups is 2. The summed E-state index contributed by atoms with van der Waals surface area (Å²) in [5.41, 5.74) is 4.66. The molecule has 0 saturated carbocycles. The number of amides is 3. The van der Waals surface area contributed by atoms with E-state index in [1.807, 2.05) is 0 Å². The number of ether oxygens (including phenoxy) is 1. The summed E-state index contributed by atoms with van der Waals surface area (Å²) < 4.78 is 5.46. The molecule has 0 radical (unpaired) electrons. The van der Waals surface area contributed by atoms with Crippen LogP contribution in [-0.4, -0.2) is 52.5 Å². The molecule has 0 aromatic carbocycles. The number of rotatable bonds is 1. The molecule has 7 nitrogen and oxygen atoms in total. The van der Waals surface area contributed by atoms with Crippen molar-refractivity contribution in [2.75, 3.05) is 6.54 Å². The van der Waals surface area contributed by atoms with E-state index >= 15 is 0 Å². The van der Waals surface area contributed by atoms with Crippen molar-refractivity contribution in [3.05, 3.63) is 0 Å². The van der Waals surface area contributed by atoms with Crippen LogP contribution >= 0.6 is 0 Å². The van der Waals surface area contributed by atoms with Gasteiger partial charge in [0.15, 0.2) is 0 Å². The van der Waals surface area contributed by atoms with E-state index in [0.29, 0.717) is 6.42 Å². The highest BCUT2D eigenvalue weighted by Crippen LogP contribution is 2.25. The van der Waals surface area contributed by atoms with Crippen LogP contribution in [0.15, 0.2) is 0 Å². The Balaban J connectivity index is 2.11. The monoisotopic (exact) mass is 243 g/mol. The van der Waals surface area contributed by atoms with Gasteiger partial charge in [0.05, 0.1) is 18.8 Å². The normalized spacial score (nSPS) is 42.8. The van der Waals surface area contributed by atoms with E-state index in [-0.39, 0.29) is 12.6 Å². The van der Waals surface area contributed by atoms with Gasteiger partial charge in [-0.15, -0.1) is 0 Å². The van der Waals surface area contributed by atoms with E-state index in [1.54, 1.807) is 13.8 Å². The number of nitrogens with zero attached hydrogens (tertiary/aromatic N) is 1. The molecule has 0 bridgehead atoms. The predicted octanol–water partition coefficient (Wildman–Crippen LogP) is -1.25. The first-order chi connectivity index (χ1) is 7.81. The topological polar surface area (TPSA) is 105 Å². The number of hydrogen-bond donors (Lipinski definition) is 3. The summed E-state index contributed by atoms with van der Waals surface area (Å²) in [7, 11) is 0. The molecule has 17 heavy (non-hydrogen) atoms. The highest BCUT2D eigenvalue weighted by atomic mass is 16.5. The third kappa shape index (κ3) is 2.13. The lowest BCUT2D eigenvalue weighted by molar-refractivity contribution is -0.129. The Hall–Kier alpha value is -1.18. The minimum absolute atomic E-state index is 0.0851. The molecule has 4 atom stereocenters. The maximum absolute atomic E-state index is 11.7. The summed E-state index contributed by atoms with van der Waals surface area (Å²) in [5.74, 6) is -0.495. The van der Waals surface area contributed by atoms with Crippen molar-refractivity contribution in [2.24, 2.45) is 5.73 Å². The van der Waals surface area contributed by atoms with E-state index in [9.17, 15) is 14.7 Å². The first-order valence-electron chi connectivity index (χ1n) is 5.56. The third-order valence-electron chi connectivity index (χ3n) is 3.20.